The van der Waals surface area contributed by atoms with Crippen molar-refractivity contribution in [2.45, 2.75) is 44.9 Å². The quantitative estimate of drug-likeness (QED) is 0.169. The van der Waals surface area contributed by atoms with Gasteiger partial charge in [0, 0.05) is 75.3 Å². The first-order valence-electron chi connectivity index (χ1n) is 18.0. The standard InChI is InChI=1S/C36H34F4N14O4/c1-35(2,36(38,39)40)33-46-28(48-49-33)17-44-32(56)27-12-25(50-58-27)30-41-13-21(14-42-30)23-4-3-20(11-24(23)37)18-51-7-9-52(10-8-51)22-15-43-31-26(16-45-54(31)19-22)53-6-5-29(55)47-34(53)57/h3-4,11-16,19H,5-10,17-18H2,1-2H3,(H,44,56)(H,46,48,49)(H,47,55,57). The number of aromatic nitrogens is 9. The van der Waals surface area contributed by atoms with Gasteiger partial charge in [-0.3, -0.25) is 29.8 Å². The molecule has 2 aliphatic heterocycles. The van der Waals surface area contributed by atoms with Gasteiger partial charge in [0.05, 0.1) is 30.8 Å². The zero-order valence-electron chi connectivity index (χ0n) is 30.9. The van der Waals surface area contributed by atoms with Crippen molar-refractivity contribution in [2.24, 2.45) is 0 Å². The molecule has 0 atom stereocenters. The molecule has 2 aliphatic rings. The third-order valence-electron chi connectivity index (χ3n) is 9.99. The highest BCUT2D eigenvalue weighted by molar-refractivity contribution is 6.07. The molecule has 6 aromatic rings. The Hall–Kier alpha value is -6.84. The Labute approximate surface area is 325 Å². The molecule has 0 bridgehead atoms. The van der Waals surface area contributed by atoms with E-state index in [4.69, 9.17) is 4.52 Å². The van der Waals surface area contributed by atoms with Gasteiger partial charge in [-0.2, -0.15) is 23.4 Å². The summed E-state index contributed by atoms with van der Waals surface area (Å²) < 4.78 is 62.1. The summed E-state index contributed by atoms with van der Waals surface area (Å²) in [5.74, 6) is -1.99. The fraction of sp³-hybridized carbons (Fsp3) is 0.333. The lowest BCUT2D eigenvalue weighted by molar-refractivity contribution is -0.182. The molecule has 0 aliphatic carbocycles. The van der Waals surface area contributed by atoms with Gasteiger partial charge in [-0.15, -0.1) is 0 Å². The number of rotatable bonds is 10. The Kier molecular flexibility index (Phi) is 9.78. The van der Waals surface area contributed by atoms with Crippen molar-refractivity contribution in [3.8, 4) is 22.6 Å². The lowest BCUT2D eigenvalue weighted by Crippen LogP contribution is -2.49. The normalized spacial score (nSPS) is 15.6. The number of carbonyl (C=O) groups excluding carboxylic acids is 3. The average molecular weight is 803 g/mol. The molecule has 22 heteroatoms. The first-order valence-corrected chi connectivity index (χ1v) is 18.0. The van der Waals surface area contributed by atoms with Crippen LogP contribution >= 0.6 is 0 Å². The Balaban J connectivity index is 0.835. The number of imide groups is 1. The van der Waals surface area contributed by atoms with Gasteiger partial charge in [-0.1, -0.05) is 17.3 Å². The molecule has 0 spiro atoms. The SMILES string of the molecule is CC(C)(c1n[nH]c(CNC(=O)c2cc(-c3ncc(-c4ccc(CN5CCN(c6cnc7c(N8CCC(=O)NC8=O)cnn7c6)CC5)cc4F)cn3)no2)n1)C(F)(F)F. The summed E-state index contributed by atoms with van der Waals surface area (Å²) >= 11 is 0. The van der Waals surface area contributed by atoms with Crippen LogP contribution in [-0.2, 0) is 23.3 Å². The highest BCUT2D eigenvalue weighted by Crippen LogP contribution is 2.38. The van der Waals surface area contributed by atoms with E-state index in [2.05, 4.69) is 60.8 Å². The van der Waals surface area contributed by atoms with Crippen molar-refractivity contribution in [1.29, 1.82) is 0 Å². The number of amides is 4. The van der Waals surface area contributed by atoms with Crippen LogP contribution in [0.2, 0.25) is 0 Å². The third-order valence-corrected chi connectivity index (χ3v) is 9.99. The molecular formula is C36H34F4N14O4. The Morgan fingerprint density at radius 2 is 1.76 bits per heavy atom. The molecule has 58 heavy (non-hydrogen) atoms. The number of benzene rings is 1. The minimum atomic E-state index is -4.57. The fourth-order valence-electron chi connectivity index (χ4n) is 6.43. The van der Waals surface area contributed by atoms with Crippen molar-refractivity contribution in [1.82, 2.24) is 60.4 Å². The maximum absolute atomic E-state index is 15.4. The molecule has 2 fully saturated rings. The highest BCUT2D eigenvalue weighted by Gasteiger charge is 2.51. The Bertz CT molecular complexity index is 2510. The zero-order valence-corrected chi connectivity index (χ0v) is 30.9. The van der Waals surface area contributed by atoms with Crippen LogP contribution in [0.4, 0.5) is 33.7 Å². The van der Waals surface area contributed by atoms with Gasteiger partial charge in [0.2, 0.25) is 11.7 Å². The summed E-state index contributed by atoms with van der Waals surface area (Å²) in [5, 5.41) is 19.0. The van der Waals surface area contributed by atoms with Crippen molar-refractivity contribution < 1.29 is 36.5 Å². The Morgan fingerprint density at radius 3 is 2.48 bits per heavy atom. The number of nitrogens with zero attached hydrogens (tertiary/aromatic N) is 11. The van der Waals surface area contributed by atoms with E-state index in [-0.39, 0.29) is 48.5 Å². The van der Waals surface area contributed by atoms with Crippen LogP contribution in [0.5, 0.6) is 0 Å². The van der Waals surface area contributed by atoms with Gasteiger partial charge < -0.3 is 14.7 Å². The predicted molar refractivity (Wildman–Crippen MR) is 196 cm³/mol. The highest BCUT2D eigenvalue weighted by atomic mass is 19.4. The van der Waals surface area contributed by atoms with Crippen LogP contribution in [0, 0.1) is 5.82 Å². The summed E-state index contributed by atoms with van der Waals surface area (Å²) in [6.45, 7) is 5.31. The zero-order chi connectivity index (χ0) is 40.8. The van der Waals surface area contributed by atoms with Crippen molar-refractivity contribution in [3.05, 3.63) is 84.0 Å². The first-order chi connectivity index (χ1) is 27.7. The summed E-state index contributed by atoms with van der Waals surface area (Å²) in [4.78, 5) is 59.3. The second kappa shape index (κ2) is 14.9. The number of H-pyrrole nitrogens is 1. The molecule has 0 saturated carbocycles. The summed E-state index contributed by atoms with van der Waals surface area (Å²) in [6.07, 6.45) is 3.65. The third kappa shape index (κ3) is 7.52. The van der Waals surface area contributed by atoms with E-state index in [1.54, 1.807) is 23.0 Å². The van der Waals surface area contributed by atoms with E-state index in [0.29, 0.717) is 42.1 Å². The van der Waals surface area contributed by atoms with Gasteiger partial charge in [-0.05, 0) is 25.5 Å². The number of urea groups is 1. The molecule has 4 amide bonds. The molecule has 0 unspecified atom stereocenters. The van der Waals surface area contributed by atoms with Crippen LogP contribution < -0.4 is 20.4 Å². The number of aromatic amines is 1. The van der Waals surface area contributed by atoms with Gasteiger partial charge in [-0.25, -0.2) is 33.6 Å². The molecule has 300 valence electrons. The Morgan fingerprint density at radius 1 is 0.983 bits per heavy atom. The van der Waals surface area contributed by atoms with Gasteiger partial charge in [0.25, 0.3) is 5.91 Å². The number of nitrogens with one attached hydrogen (secondary N) is 3. The van der Waals surface area contributed by atoms with Crippen LogP contribution in [-0.4, -0.2) is 107 Å². The maximum atomic E-state index is 15.4. The summed E-state index contributed by atoms with van der Waals surface area (Å²) in [5.41, 5.74) is 1.27. The van der Waals surface area contributed by atoms with E-state index in [1.165, 1.54) is 29.4 Å². The van der Waals surface area contributed by atoms with Crippen LogP contribution in [0.25, 0.3) is 28.3 Å². The second-order valence-corrected chi connectivity index (χ2v) is 14.2. The molecule has 8 rings (SSSR count). The van der Waals surface area contributed by atoms with Gasteiger partial charge in [0.15, 0.2) is 23.0 Å². The topological polar surface area (TPSA) is 209 Å². The van der Waals surface area contributed by atoms with Crippen molar-refractivity contribution in [3.63, 3.8) is 0 Å². The summed E-state index contributed by atoms with van der Waals surface area (Å²) in [7, 11) is 0. The van der Waals surface area contributed by atoms with E-state index >= 15 is 4.39 Å². The minimum absolute atomic E-state index is 0.0156. The monoisotopic (exact) mass is 802 g/mol. The second-order valence-electron chi connectivity index (χ2n) is 14.2. The van der Waals surface area contributed by atoms with E-state index < -0.39 is 35.2 Å². The molecular weight excluding hydrogens is 768 g/mol. The molecule has 5 aromatic heterocycles. The number of carbonyl (C=O) groups is 3. The number of alkyl halides is 3. The van der Waals surface area contributed by atoms with E-state index in [9.17, 15) is 27.6 Å². The van der Waals surface area contributed by atoms with Crippen LogP contribution in [0.3, 0.4) is 0 Å². The largest absolute Gasteiger partial charge is 0.401 e. The minimum Gasteiger partial charge on any atom is -0.366 e. The number of piperazine rings is 1. The maximum Gasteiger partial charge on any atom is 0.401 e. The summed E-state index contributed by atoms with van der Waals surface area (Å²) in [6, 6.07) is 5.81. The number of anilines is 2. The van der Waals surface area contributed by atoms with Crippen molar-refractivity contribution in [2.75, 3.05) is 42.5 Å². The predicted octanol–water partition coefficient (Wildman–Crippen LogP) is 3.64. The van der Waals surface area contributed by atoms with E-state index in [1.807, 2.05) is 12.3 Å². The van der Waals surface area contributed by atoms with Crippen LogP contribution in [0.15, 0.2) is 59.8 Å². The molecule has 3 N–H and O–H groups in total. The van der Waals surface area contributed by atoms with Gasteiger partial charge in [0.1, 0.15) is 22.7 Å². The van der Waals surface area contributed by atoms with Crippen molar-refractivity contribution >= 4 is 34.9 Å². The smallest absolute Gasteiger partial charge is 0.366 e. The molecule has 0 radical (unpaired) electrons. The number of halogens is 4. The average Bonchev–Trinajstić information content (AvgIpc) is 3.98. The molecule has 2 saturated heterocycles. The molecule has 18 nitrogen and oxygen atoms in total. The lowest BCUT2D eigenvalue weighted by Gasteiger charge is -2.35. The first kappa shape index (κ1) is 38.1. The lowest BCUT2D eigenvalue weighted by atomic mass is 9.92. The molecule has 1 aromatic carbocycles. The van der Waals surface area contributed by atoms with E-state index in [0.717, 1.165) is 38.2 Å². The number of fused-ring (bicyclic) bond motifs is 1. The van der Waals surface area contributed by atoms with Gasteiger partial charge >= 0.3 is 12.2 Å². The fourth-order valence-corrected chi connectivity index (χ4v) is 6.43. The molecule has 7 heterocycles. The number of hydrogen-bond donors (Lipinski definition) is 3. The number of hydrogen-bond acceptors (Lipinski definition) is 13. The van der Waals surface area contributed by atoms with Crippen LogP contribution in [0.1, 0.15) is 48.0 Å².